The van der Waals surface area contributed by atoms with Crippen molar-refractivity contribution < 1.29 is 4.42 Å². The molecule has 0 amide bonds. The molecule has 0 N–H and O–H groups in total. The van der Waals surface area contributed by atoms with Gasteiger partial charge < -0.3 is 13.6 Å². The van der Waals surface area contributed by atoms with Crippen LogP contribution < -0.4 is 0 Å². The minimum absolute atomic E-state index is 0.910. The number of fused-ring (bicyclic) bond motifs is 15. The number of hydrogen-bond acceptors (Lipinski definition) is 1. The molecule has 13 rings (SSSR count). The summed E-state index contributed by atoms with van der Waals surface area (Å²) in [6.07, 6.45) is 0. The molecule has 3 heterocycles. The lowest BCUT2D eigenvalue weighted by molar-refractivity contribution is 0.673. The highest BCUT2D eigenvalue weighted by Gasteiger charge is 2.26. The van der Waals surface area contributed by atoms with Crippen LogP contribution in [0.2, 0.25) is 0 Å². The molecule has 3 aromatic heterocycles. The summed E-state index contributed by atoms with van der Waals surface area (Å²) in [4.78, 5) is 0. The summed E-state index contributed by atoms with van der Waals surface area (Å²) in [5.41, 5.74) is 14.0. The first-order valence-electron chi connectivity index (χ1n) is 18.3. The average Bonchev–Trinajstić information content (AvgIpc) is 3.95. The second-order valence-electron chi connectivity index (χ2n) is 14.4. The van der Waals surface area contributed by atoms with Crippen molar-refractivity contribution in [2.24, 2.45) is 0 Å². The molecular weight excluding hydrogens is 645 g/mol. The minimum Gasteiger partial charge on any atom is -0.455 e. The van der Waals surface area contributed by atoms with E-state index in [0.29, 0.717) is 0 Å². The van der Waals surface area contributed by atoms with Gasteiger partial charge in [0.2, 0.25) is 0 Å². The zero-order valence-electron chi connectivity index (χ0n) is 28.5. The molecule has 3 heteroatoms. The van der Waals surface area contributed by atoms with Crippen LogP contribution >= 0.6 is 0 Å². The van der Waals surface area contributed by atoms with Gasteiger partial charge in [0.15, 0.2) is 0 Å². The summed E-state index contributed by atoms with van der Waals surface area (Å²) < 4.78 is 11.7. The highest BCUT2D eigenvalue weighted by molar-refractivity contribution is 6.31. The number of benzene rings is 9. The van der Waals surface area contributed by atoms with Crippen molar-refractivity contribution in [3.63, 3.8) is 0 Å². The van der Waals surface area contributed by atoms with Gasteiger partial charge >= 0.3 is 0 Å². The largest absolute Gasteiger partial charge is 0.455 e. The van der Waals surface area contributed by atoms with Crippen LogP contribution in [-0.4, -0.2) is 9.13 Å². The lowest BCUT2D eigenvalue weighted by atomic mass is 10.0. The summed E-state index contributed by atoms with van der Waals surface area (Å²) in [7, 11) is 0. The monoisotopic (exact) mass is 672 g/mol. The standard InChI is InChI=1S/C50H28N2O/c1-2-10-31-27-32(20-19-29(31)9-1)51-42-17-5-3-14-39(42)47-43(51)26-24-40-48-44(25-23-38-35-13-4-6-18-45(35)53-50(38)48)52(49(40)47)33-21-22-34-36-15-7-11-30-12-8-16-37(46(30)36)41(34)28-33/h1-28H. The number of rotatable bonds is 2. The van der Waals surface area contributed by atoms with E-state index in [-0.39, 0.29) is 0 Å². The Kier molecular flexibility index (Phi) is 5.11. The van der Waals surface area contributed by atoms with Crippen molar-refractivity contribution >= 4 is 87.1 Å². The van der Waals surface area contributed by atoms with Crippen LogP contribution in [0.3, 0.4) is 0 Å². The first kappa shape index (κ1) is 27.6. The van der Waals surface area contributed by atoms with Gasteiger partial charge in [-0.25, -0.2) is 0 Å². The Morgan fingerprint density at radius 1 is 0.340 bits per heavy atom. The first-order valence-corrected chi connectivity index (χ1v) is 18.3. The molecule has 0 fully saturated rings. The van der Waals surface area contributed by atoms with E-state index >= 15 is 0 Å². The second-order valence-corrected chi connectivity index (χ2v) is 14.4. The van der Waals surface area contributed by atoms with Gasteiger partial charge in [-0.15, -0.1) is 0 Å². The summed E-state index contributed by atoms with van der Waals surface area (Å²) in [5, 5.41) is 12.2. The number of aromatic nitrogens is 2. The molecule has 0 atom stereocenters. The third-order valence-electron chi connectivity index (χ3n) is 11.8. The van der Waals surface area contributed by atoms with Crippen LogP contribution in [0.25, 0.3) is 121 Å². The Bertz CT molecular complexity index is 3570. The van der Waals surface area contributed by atoms with Crippen molar-refractivity contribution in [2.45, 2.75) is 0 Å². The fourth-order valence-electron chi connectivity index (χ4n) is 9.60. The number of furan rings is 1. The molecule has 0 radical (unpaired) electrons. The topological polar surface area (TPSA) is 23.0 Å². The highest BCUT2D eigenvalue weighted by Crippen LogP contribution is 2.50. The Morgan fingerprint density at radius 3 is 1.91 bits per heavy atom. The SMILES string of the molecule is c1ccc2cc(-n3c4ccccc4c4c3ccc3c5c6oc7ccccc7c6ccc5n(-c5ccc6c(c5)-c5cccc7cccc-6c57)c34)ccc2c1. The van der Waals surface area contributed by atoms with Gasteiger partial charge in [0.05, 0.1) is 27.5 Å². The molecule has 0 spiro atoms. The van der Waals surface area contributed by atoms with E-state index in [2.05, 4.69) is 179 Å². The molecule has 53 heavy (non-hydrogen) atoms. The zero-order valence-corrected chi connectivity index (χ0v) is 28.5. The Balaban J connectivity index is 1.20. The van der Waals surface area contributed by atoms with Gasteiger partial charge in [0.25, 0.3) is 0 Å². The van der Waals surface area contributed by atoms with E-state index in [1.165, 1.54) is 76.5 Å². The van der Waals surface area contributed by atoms with Crippen LogP contribution in [0.5, 0.6) is 0 Å². The third-order valence-corrected chi connectivity index (χ3v) is 11.8. The molecule has 0 bridgehead atoms. The molecule has 0 aliphatic heterocycles. The minimum atomic E-state index is 0.910. The van der Waals surface area contributed by atoms with Gasteiger partial charge in [0, 0.05) is 38.3 Å². The molecule has 9 aromatic carbocycles. The van der Waals surface area contributed by atoms with Crippen LogP contribution in [0.15, 0.2) is 174 Å². The van der Waals surface area contributed by atoms with E-state index in [0.717, 1.165) is 44.2 Å². The van der Waals surface area contributed by atoms with Crippen molar-refractivity contribution in [1.29, 1.82) is 0 Å². The van der Waals surface area contributed by atoms with Crippen molar-refractivity contribution in [3.05, 3.63) is 170 Å². The van der Waals surface area contributed by atoms with Crippen molar-refractivity contribution in [2.75, 3.05) is 0 Å². The van der Waals surface area contributed by atoms with Gasteiger partial charge in [0.1, 0.15) is 11.2 Å². The average molecular weight is 673 g/mol. The number of nitrogens with zero attached hydrogens (tertiary/aromatic N) is 2. The fourth-order valence-corrected chi connectivity index (χ4v) is 9.60. The Hall–Kier alpha value is -7.10. The summed E-state index contributed by atoms with van der Waals surface area (Å²) in [6.45, 7) is 0. The smallest absolute Gasteiger partial charge is 0.145 e. The first-order chi connectivity index (χ1) is 26.3. The maximum atomic E-state index is 6.77. The second kappa shape index (κ2) is 9.81. The van der Waals surface area contributed by atoms with E-state index in [1.54, 1.807) is 0 Å². The van der Waals surface area contributed by atoms with Crippen molar-refractivity contribution in [1.82, 2.24) is 9.13 Å². The molecule has 0 saturated carbocycles. The molecule has 1 aliphatic rings. The van der Waals surface area contributed by atoms with E-state index in [4.69, 9.17) is 4.42 Å². The highest BCUT2D eigenvalue weighted by atomic mass is 16.3. The van der Waals surface area contributed by atoms with Gasteiger partial charge in [-0.1, -0.05) is 109 Å². The van der Waals surface area contributed by atoms with Gasteiger partial charge in [-0.05, 0) is 104 Å². The van der Waals surface area contributed by atoms with Crippen LogP contribution in [-0.2, 0) is 0 Å². The Morgan fingerprint density at radius 2 is 1.02 bits per heavy atom. The lowest BCUT2D eigenvalue weighted by Gasteiger charge is -2.12. The lowest BCUT2D eigenvalue weighted by Crippen LogP contribution is -1.96. The molecule has 0 saturated heterocycles. The molecule has 244 valence electrons. The molecule has 12 aromatic rings. The maximum absolute atomic E-state index is 6.77. The van der Waals surface area contributed by atoms with Crippen LogP contribution in [0.4, 0.5) is 0 Å². The van der Waals surface area contributed by atoms with Crippen LogP contribution in [0.1, 0.15) is 0 Å². The zero-order chi connectivity index (χ0) is 34.4. The molecular formula is C50H28N2O. The molecule has 0 unspecified atom stereocenters. The number of para-hydroxylation sites is 2. The van der Waals surface area contributed by atoms with Gasteiger partial charge in [-0.3, -0.25) is 0 Å². The van der Waals surface area contributed by atoms with E-state index < -0.39 is 0 Å². The summed E-state index contributed by atoms with van der Waals surface area (Å²) in [5.74, 6) is 0. The predicted molar refractivity (Wildman–Crippen MR) is 222 cm³/mol. The predicted octanol–water partition coefficient (Wildman–Crippen LogP) is 13.7. The Labute approximate surface area is 303 Å². The van der Waals surface area contributed by atoms with E-state index in [1.807, 2.05) is 0 Å². The summed E-state index contributed by atoms with van der Waals surface area (Å²) >= 11 is 0. The normalized spacial score (nSPS) is 12.5. The van der Waals surface area contributed by atoms with E-state index in [9.17, 15) is 0 Å². The number of hydrogen-bond donors (Lipinski definition) is 0. The quantitative estimate of drug-likeness (QED) is 0.179. The molecule has 3 nitrogen and oxygen atoms in total. The fraction of sp³-hybridized carbons (Fsp3) is 0. The van der Waals surface area contributed by atoms with Crippen molar-refractivity contribution in [3.8, 4) is 33.6 Å². The third kappa shape index (κ3) is 3.49. The maximum Gasteiger partial charge on any atom is 0.145 e. The van der Waals surface area contributed by atoms with Gasteiger partial charge in [-0.2, -0.15) is 0 Å². The van der Waals surface area contributed by atoms with Crippen LogP contribution in [0, 0.1) is 0 Å². The molecule has 1 aliphatic carbocycles. The summed E-state index contributed by atoms with van der Waals surface area (Å²) in [6, 6.07) is 62.3.